The van der Waals surface area contributed by atoms with E-state index >= 15 is 0 Å². The molecule has 13 heavy (non-hydrogen) atoms. The molecule has 0 aromatic rings. The molecule has 1 atom stereocenters. The minimum Gasteiger partial charge on any atom is -0.393 e. The van der Waals surface area contributed by atoms with Crippen LogP contribution in [0, 0.1) is 6.92 Å². The molecule has 0 aromatic heterocycles. The maximum absolute atomic E-state index is 9.41. The smallest absolute Gasteiger partial charge is 0.0515 e. The first-order valence-corrected chi connectivity index (χ1v) is 5.78. The summed E-state index contributed by atoms with van der Waals surface area (Å²) in [6.45, 7) is 5.97. The predicted molar refractivity (Wildman–Crippen MR) is 58.6 cm³/mol. The van der Waals surface area contributed by atoms with Gasteiger partial charge in [-0.05, 0) is 6.42 Å². The number of hydrogen-bond donors (Lipinski definition) is 1. The van der Waals surface area contributed by atoms with Gasteiger partial charge in [-0.15, -0.1) is 0 Å². The summed E-state index contributed by atoms with van der Waals surface area (Å²) in [5, 5.41) is 9.41. The van der Waals surface area contributed by atoms with Crippen molar-refractivity contribution in [3.8, 4) is 0 Å². The SMILES string of the molecule is [CH2-]CC[C@@H](O)CCCCCCCC. The quantitative estimate of drug-likeness (QED) is 0.429. The lowest BCUT2D eigenvalue weighted by atomic mass is 10.0. The van der Waals surface area contributed by atoms with Gasteiger partial charge in [0.25, 0.3) is 0 Å². The zero-order chi connectivity index (χ0) is 9.94. The summed E-state index contributed by atoms with van der Waals surface area (Å²) in [7, 11) is 0. The van der Waals surface area contributed by atoms with Gasteiger partial charge < -0.3 is 12.0 Å². The lowest BCUT2D eigenvalue weighted by molar-refractivity contribution is 0.152. The summed E-state index contributed by atoms with van der Waals surface area (Å²) in [5.74, 6) is 0. The van der Waals surface area contributed by atoms with Crippen molar-refractivity contribution in [1.29, 1.82) is 0 Å². The average Bonchev–Trinajstić information content (AvgIpc) is 2.11. The molecule has 0 saturated heterocycles. The Hall–Kier alpha value is -0.0400. The summed E-state index contributed by atoms with van der Waals surface area (Å²) in [6.07, 6.45) is 10.5. The summed E-state index contributed by atoms with van der Waals surface area (Å²) in [4.78, 5) is 0. The standard InChI is InChI=1S/C12H25O/c1-3-5-6-7-8-9-11-12(13)10-4-2/h12-13H,2-11H2,1H3/q-1/t12-/m1/s1. The molecule has 0 spiro atoms. The molecular formula is C12H25O-. The van der Waals surface area contributed by atoms with E-state index in [0.29, 0.717) is 0 Å². The Bertz CT molecular complexity index is 91.1. The number of unbranched alkanes of at least 4 members (excludes halogenated alkanes) is 5. The minimum atomic E-state index is -0.0938. The maximum atomic E-state index is 9.41. The summed E-state index contributed by atoms with van der Waals surface area (Å²) >= 11 is 0. The highest BCUT2D eigenvalue weighted by molar-refractivity contribution is 4.57. The van der Waals surface area contributed by atoms with E-state index in [1.807, 2.05) is 0 Å². The molecule has 0 radical (unpaired) electrons. The third kappa shape index (κ3) is 9.88. The van der Waals surface area contributed by atoms with Crippen molar-refractivity contribution in [2.45, 2.75) is 70.8 Å². The third-order valence-electron chi connectivity index (χ3n) is 2.43. The number of aliphatic hydroxyl groups excluding tert-OH is 1. The molecule has 0 rings (SSSR count). The molecule has 0 bridgehead atoms. The van der Waals surface area contributed by atoms with Crippen molar-refractivity contribution in [3.05, 3.63) is 6.92 Å². The highest BCUT2D eigenvalue weighted by Crippen LogP contribution is 2.10. The Morgan fingerprint density at radius 2 is 1.62 bits per heavy atom. The molecule has 1 nitrogen and oxygen atoms in total. The Balaban J connectivity index is 2.97. The van der Waals surface area contributed by atoms with E-state index in [0.717, 1.165) is 19.3 Å². The predicted octanol–water partition coefficient (Wildman–Crippen LogP) is 3.71. The van der Waals surface area contributed by atoms with Gasteiger partial charge in [-0.25, -0.2) is 0 Å². The van der Waals surface area contributed by atoms with Crippen LogP contribution >= 0.6 is 0 Å². The van der Waals surface area contributed by atoms with Crippen molar-refractivity contribution in [2.75, 3.05) is 0 Å². The van der Waals surface area contributed by atoms with Gasteiger partial charge >= 0.3 is 0 Å². The minimum absolute atomic E-state index is 0.0938. The van der Waals surface area contributed by atoms with Crippen LogP contribution in [0.2, 0.25) is 0 Å². The maximum Gasteiger partial charge on any atom is 0.0515 e. The van der Waals surface area contributed by atoms with Crippen molar-refractivity contribution < 1.29 is 5.11 Å². The van der Waals surface area contributed by atoms with Crippen molar-refractivity contribution in [2.24, 2.45) is 0 Å². The van der Waals surface area contributed by atoms with E-state index in [2.05, 4.69) is 13.8 Å². The fraction of sp³-hybridized carbons (Fsp3) is 0.917. The second kappa shape index (κ2) is 10.0. The van der Waals surface area contributed by atoms with Gasteiger partial charge in [0.1, 0.15) is 0 Å². The largest absolute Gasteiger partial charge is 0.393 e. The van der Waals surface area contributed by atoms with Gasteiger partial charge in [0.2, 0.25) is 0 Å². The lowest BCUT2D eigenvalue weighted by Gasteiger charge is -2.09. The topological polar surface area (TPSA) is 20.2 Å². The summed E-state index contributed by atoms with van der Waals surface area (Å²) in [5.41, 5.74) is 0. The van der Waals surface area contributed by atoms with Crippen LogP contribution in [-0.4, -0.2) is 11.2 Å². The van der Waals surface area contributed by atoms with Crippen LogP contribution in [-0.2, 0) is 0 Å². The van der Waals surface area contributed by atoms with E-state index in [1.165, 1.54) is 38.5 Å². The van der Waals surface area contributed by atoms with Crippen LogP contribution in [0.5, 0.6) is 0 Å². The van der Waals surface area contributed by atoms with E-state index in [-0.39, 0.29) is 6.10 Å². The Morgan fingerprint density at radius 1 is 1.00 bits per heavy atom. The molecule has 0 aliphatic carbocycles. The van der Waals surface area contributed by atoms with Crippen LogP contribution < -0.4 is 0 Å². The fourth-order valence-electron chi connectivity index (χ4n) is 1.54. The average molecular weight is 185 g/mol. The van der Waals surface area contributed by atoms with Gasteiger partial charge in [-0.2, -0.15) is 6.42 Å². The normalized spacial score (nSPS) is 13.2. The molecule has 0 aromatic carbocycles. The molecule has 0 fully saturated rings. The molecule has 0 unspecified atom stereocenters. The second-order valence-electron chi connectivity index (χ2n) is 3.85. The van der Waals surface area contributed by atoms with Crippen LogP contribution in [0.4, 0.5) is 0 Å². The van der Waals surface area contributed by atoms with Crippen LogP contribution in [0.15, 0.2) is 0 Å². The van der Waals surface area contributed by atoms with Gasteiger partial charge in [-0.1, -0.05) is 51.9 Å². The Labute approximate surface area is 83.5 Å². The van der Waals surface area contributed by atoms with E-state index in [9.17, 15) is 5.11 Å². The first-order valence-electron chi connectivity index (χ1n) is 5.78. The van der Waals surface area contributed by atoms with Crippen molar-refractivity contribution in [1.82, 2.24) is 0 Å². The molecule has 0 aliphatic rings. The fourth-order valence-corrected chi connectivity index (χ4v) is 1.54. The van der Waals surface area contributed by atoms with Crippen molar-refractivity contribution >= 4 is 0 Å². The number of rotatable bonds is 9. The molecular weight excluding hydrogens is 160 g/mol. The zero-order valence-corrected chi connectivity index (χ0v) is 9.10. The molecule has 80 valence electrons. The van der Waals surface area contributed by atoms with Gasteiger partial charge in [0, 0.05) is 0 Å². The van der Waals surface area contributed by atoms with Crippen molar-refractivity contribution in [3.63, 3.8) is 0 Å². The molecule has 0 amide bonds. The number of aliphatic hydroxyl groups is 1. The Kier molecular flexibility index (Phi) is 10.0. The summed E-state index contributed by atoms with van der Waals surface area (Å²) < 4.78 is 0. The third-order valence-corrected chi connectivity index (χ3v) is 2.43. The molecule has 0 saturated carbocycles. The highest BCUT2D eigenvalue weighted by atomic mass is 16.3. The van der Waals surface area contributed by atoms with Gasteiger partial charge in [0.15, 0.2) is 0 Å². The monoisotopic (exact) mass is 185 g/mol. The molecule has 0 heterocycles. The molecule has 1 N–H and O–H groups in total. The van der Waals surface area contributed by atoms with E-state index < -0.39 is 0 Å². The highest BCUT2D eigenvalue weighted by Gasteiger charge is 1.99. The van der Waals surface area contributed by atoms with Gasteiger partial charge in [-0.3, -0.25) is 0 Å². The first kappa shape index (κ1) is 13.0. The summed E-state index contributed by atoms with van der Waals surface area (Å²) in [6, 6.07) is 0. The van der Waals surface area contributed by atoms with E-state index in [4.69, 9.17) is 0 Å². The van der Waals surface area contributed by atoms with Crippen LogP contribution in [0.3, 0.4) is 0 Å². The lowest BCUT2D eigenvalue weighted by Crippen LogP contribution is -2.04. The zero-order valence-electron chi connectivity index (χ0n) is 9.10. The van der Waals surface area contributed by atoms with Crippen LogP contribution in [0.25, 0.3) is 0 Å². The number of hydrogen-bond acceptors (Lipinski definition) is 1. The first-order chi connectivity index (χ1) is 6.31. The van der Waals surface area contributed by atoms with E-state index in [1.54, 1.807) is 0 Å². The second-order valence-corrected chi connectivity index (χ2v) is 3.85. The Morgan fingerprint density at radius 3 is 2.23 bits per heavy atom. The van der Waals surface area contributed by atoms with Crippen LogP contribution in [0.1, 0.15) is 64.7 Å². The van der Waals surface area contributed by atoms with Gasteiger partial charge in [0.05, 0.1) is 6.10 Å². The molecule has 0 aliphatic heterocycles. The molecule has 1 heteroatoms.